The Bertz CT molecular complexity index is 563. The molecule has 0 unspecified atom stereocenters. The van der Waals surface area contributed by atoms with E-state index in [4.69, 9.17) is 15.3 Å². The number of nitrogen functional groups attached to an aromatic ring is 1. The van der Waals surface area contributed by atoms with Crippen molar-refractivity contribution >= 4 is 0 Å². The number of hydrogen-bond donors (Lipinski definition) is 1. The highest BCUT2D eigenvalue weighted by atomic mass is 16.5. The van der Waals surface area contributed by atoms with Gasteiger partial charge in [-0.1, -0.05) is 0 Å². The fourth-order valence-corrected chi connectivity index (χ4v) is 2.05. The Morgan fingerprint density at radius 2 is 2.35 bits per heavy atom. The topological polar surface area (TPSA) is 62.3 Å². The van der Waals surface area contributed by atoms with E-state index in [1.54, 1.807) is 19.6 Å². The van der Waals surface area contributed by atoms with Gasteiger partial charge in [0.15, 0.2) is 0 Å². The molecule has 2 aromatic rings. The molecule has 0 saturated heterocycles. The Hall–Kier alpha value is -2.17. The van der Waals surface area contributed by atoms with Gasteiger partial charge >= 0.3 is 0 Å². The Morgan fingerprint density at radius 3 is 3.06 bits per heavy atom. The zero-order valence-corrected chi connectivity index (χ0v) is 9.51. The Balaban J connectivity index is 2.15. The molecule has 0 aliphatic carbocycles. The number of aromatic nitrogens is 2. The molecule has 2 heterocycles. The van der Waals surface area contributed by atoms with Crippen molar-refractivity contribution in [1.82, 2.24) is 9.66 Å². The molecule has 0 fully saturated rings. The summed E-state index contributed by atoms with van der Waals surface area (Å²) in [6, 6.07) is 3.97. The Labute approximate surface area is 98.8 Å². The summed E-state index contributed by atoms with van der Waals surface area (Å²) >= 11 is 0. The van der Waals surface area contributed by atoms with Gasteiger partial charge in [0.1, 0.15) is 17.8 Å². The van der Waals surface area contributed by atoms with Gasteiger partial charge in [0.2, 0.25) is 0 Å². The van der Waals surface area contributed by atoms with Gasteiger partial charge in [-0.25, -0.2) is 4.98 Å². The zero-order valence-electron chi connectivity index (χ0n) is 9.51. The highest BCUT2D eigenvalue weighted by Gasteiger charge is 2.18. The van der Waals surface area contributed by atoms with Crippen LogP contribution in [0.3, 0.4) is 0 Å². The van der Waals surface area contributed by atoms with E-state index in [-0.39, 0.29) is 0 Å². The van der Waals surface area contributed by atoms with Crippen LogP contribution in [-0.4, -0.2) is 23.4 Å². The van der Waals surface area contributed by atoms with Crippen molar-refractivity contribution in [2.24, 2.45) is 0 Å². The first-order chi connectivity index (χ1) is 8.28. The van der Waals surface area contributed by atoms with Crippen LogP contribution in [0.15, 0.2) is 24.7 Å². The van der Waals surface area contributed by atoms with Gasteiger partial charge in [0, 0.05) is 17.5 Å². The molecule has 5 heteroatoms. The van der Waals surface area contributed by atoms with E-state index in [1.807, 2.05) is 12.1 Å². The number of methoxy groups -OCH3 is 1. The molecule has 0 spiro atoms. The van der Waals surface area contributed by atoms with Crippen molar-refractivity contribution < 1.29 is 9.47 Å². The minimum atomic E-state index is 0.729. The van der Waals surface area contributed by atoms with Gasteiger partial charge in [-0.3, -0.25) is 4.68 Å². The average Bonchev–Trinajstić information content (AvgIpc) is 2.94. The maximum Gasteiger partial charge on any atom is 0.128 e. The molecule has 1 aromatic carbocycles. The molecule has 17 heavy (non-hydrogen) atoms. The van der Waals surface area contributed by atoms with Crippen molar-refractivity contribution in [3.05, 3.63) is 30.2 Å². The minimum absolute atomic E-state index is 0.729. The van der Waals surface area contributed by atoms with E-state index < -0.39 is 0 Å². The van der Waals surface area contributed by atoms with E-state index in [9.17, 15) is 0 Å². The highest BCUT2D eigenvalue weighted by Crippen LogP contribution is 2.37. The number of nitrogens with zero attached hydrogens (tertiary/aromatic N) is 2. The van der Waals surface area contributed by atoms with Gasteiger partial charge in [0.05, 0.1) is 25.6 Å². The molecule has 0 radical (unpaired) electrons. The second-order valence-corrected chi connectivity index (χ2v) is 3.96. The van der Waals surface area contributed by atoms with E-state index in [0.29, 0.717) is 0 Å². The van der Waals surface area contributed by atoms with Gasteiger partial charge in [0.25, 0.3) is 0 Å². The molecular formula is C12H13N3O2. The highest BCUT2D eigenvalue weighted by molar-refractivity contribution is 5.70. The third-order valence-electron chi connectivity index (χ3n) is 2.89. The van der Waals surface area contributed by atoms with Gasteiger partial charge in [-0.15, -0.1) is 0 Å². The van der Waals surface area contributed by atoms with Crippen molar-refractivity contribution in [2.45, 2.75) is 6.42 Å². The van der Waals surface area contributed by atoms with Crippen LogP contribution in [0, 0.1) is 0 Å². The lowest BCUT2D eigenvalue weighted by Crippen LogP contribution is -2.02. The van der Waals surface area contributed by atoms with Crippen molar-refractivity contribution in [3.63, 3.8) is 0 Å². The summed E-state index contributed by atoms with van der Waals surface area (Å²) in [5.74, 6) is 7.31. The van der Waals surface area contributed by atoms with Gasteiger partial charge in [-0.05, 0) is 12.1 Å². The van der Waals surface area contributed by atoms with Crippen LogP contribution in [0.2, 0.25) is 0 Å². The third kappa shape index (κ3) is 1.60. The molecule has 0 bridgehead atoms. The summed E-state index contributed by atoms with van der Waals surface area (Å²) in [7, 11) is 1.65. The normalized spacial score (nSPS) is 13.2. The smallest absolute Gasteiger partial charge is 0.128 e. The van der Waals surface area contributed by atoms with Crippen molar-refractivity contribution in [2.75, 3.05) is 19.6 Å². The molecule has 1 aliphatic rings. The van der Waals surface area contributed by atoms with Gasteiger partial charge in [-0.2, -0.15) is 0 Å². The van der Waals surface area contributed by atoms with Crippen LogP contribution in [-0.2, 0) is 6.42 Å². The number of hydrogen-bond acceptors (Lipinski definition) is 4. The summed E-state index contributed by atoms with van der Waals surface area (Å²) in [5.41, 5.74) is 2.86. The number of rotatable bonds is 2. The lowest BCUT2D eigenvalue weighted by molar-refractivity contribution is 0.356. The second kappa shape index (κ2) is 3.69. The van der Waals surface area contributed by atoms with Crippen LogP contribution in [0.4, 0.5) is 0 Å². The Kier molecular flexibility index (Phi) is 2.18. The fraction of sp³-hybridized carbons (Fsp3) is 0.250. The quantitative estimate of drug-likeness (QED) is 0.789. The largest absolute Gasteiger partial charge is 0.496 e. The number of ether oxygens (including phenoxy) is 2. The summed E-state index contributed by atoms with van der Waals surface area (Å²) < 4.78 is 12.4. The number of nitrogens with two attached hydrogens (primary N) is 1. The second-order valence-electron chi connectivity index (χ2n) is 3.96. The zero-order chi connectivity index (χ0) is 11.8. The maximum atomic E-state index is 5.60. The standard InChI is InChI=1S/C12H13N3O2/c1-16-12-4-8-2-3-17-11(8)5-9(12)10-6-15(13)7-14-10/h4-7H,2-3,13H2,1H3. The van der Waals surface area contributed by atoms with Crippen molar-refractivity contribution in [1.29, 1.82) is 0 Å². The maximum absolute atomic E-state index is 5.60. The molecule has 0 saturated carbocycles. The predicted molar refractivity (Wildman–Crippen MR) is 63.6 cm³/mol. The number of benzene rings is 1. The molecule has 5 nitrogen and oxygen atoms in total. The monoisotopic (exact) mass is 231 g/mol. The minimum Gasteiger partial charge on any atom is -0.496 e. The van der Waals surface area contributed by atoms with Crippen LogP contribution in [0.1, 0.15) is 5.56 Å². The molecule has 2 N–H and O–H groups in total. The van der Waals surface area contributed by atoms with Crippen LogP contribution in [0.5, 0.6) is 11.5 Å². The lowest BCUT2D eigenvalue weighted by Gasteiger charge is -2.08. The number of imidazole rings is 1. The molecule has 1 aromatic heterocycles. The van der Waals surface area contributed by atoms with E-state index in [2.05, 4.69) is 4.98 Å². The van der Waals surface area contributed by atoms with E-state index in [1.165, 1.54) is 10.2 Å². The summed E-state index contributed by atoms with van der Waals surface area (Å²) in [5, 5.41) is 0. The van der Waals surface area contributed by atoms with E-state index >= 15 is 0 Å². The third-order valence-corrected chi connectivity index (χ3v) is 2.89. The van der Waals surface area contributed by atoms with Gasteiger partial charge < -0.3 is 15.3 Å². The average molecular weight is 231 g/mol. The molecule has 0 atom stereocenters. The first-order valence-corrected chi connectivity index (χ1v) is 5.41. The number of fused-ring (bicyclic) bond motifs is 1. The van der Waals surface area contributed by atoms with Crippen LogP contribution < -0.4 is 15.3 Å². The Morgan fingerprint density at radius 1 is 1.47 bits per heavy atom. The summed E-state index contributed by atoms with van der Waals surface area (Å²) in [4.78, 5) is 4.22. The summed E-state index contributed by atoms with van der Waals surface area (Å²) in [6.45, 7) is 0.729. The molecule has 88 valence electrons. The first kappa shape index (κ1) is 10.0. The first-order valence-electron chi connectivity index (χ1n) is 5.41. The molecule has 1 aliphatic heterocycles. The fourth-order valence-electron chi connectivity index (χ4n) is 2.05. The van der Waals surface area contributed by atoms with Crippen LogP contribution >= 0.6 is 0 Å². The molecule has 3 rings (SSSR count). The van der Waals surface area contributed by atoms with E-state index in [0.717, 1.165) is 35.8 Å². The molecular weight excluding hydrogens is 218 g/mol. The summed E-state index contributed by atoms with van der Waals surface area (Å²) in [6.07, 6.45) is 4.24. The lowest BCUT2D eigenvalue weighted by atomic mass is 10.1. The van der Waals surface area contributed by atoms with Crippen molar-refractivity contribution in [3.8, 4) is 22.8 Å². The molecule has 0 amide bonds. The predicted octanol–water partition coefficient (Wildman–Crippen LogP) is 1.21. The van der Waals surface area contributed by atoms with Crippen LogP contribution in [0.25, 0.3) is 11.3 Å². The SMILES string of the molecule is COc1cc2c(cc1-c1cn(N)cn1)OCC2.